The average molecular weight is 584 g/mol. The highest BCUT2D eigenvalue weighted by Crippen LogP contribution is 2.38. The molecule has 1 aliphatic carbocycles. The molecule has 3 heterocycles. The Morgan fingerprint density at radius 2 is 1.72 bits per heavy atom. The van der Waals surface area contributed by atoms with Crippen LogP contribution in [0.4, 0.5) is 5.69 Å². The van der Waals surface area contributed by atoms with Crippen LogP contribution in [-0.4, -0.2) is 79.1 Å². The maximum Gasteiger partial charge on any atom is 0.269 e. The van der Waals surface area contributed by atoms with Gasteiger partial charge in [0.15, 0.2) is 0 Å². The number of methoxy groups -OCH3 is 1. The first kappa shape index (κ1) is 29.3. The van der Waals surface area contributed by atoms with Crippen molar-refractivity contribution in [1.82, 2.24) is 19.7 Å². The summed E-state index contributed by atoms with van der Waals surface area (Å²) in [5, 5.41) is 3.24. The number of carbonyl (C=O) groups excluding carboxylic acids is 2. The van der Waals surface area contributed by atoms with E-state index in [2.05, 4.69) is 39.4 Å². The summed E-state index contributed by atoms with van der Waals surface area (Å²) in [7, 11) is 7.02. The quantitative estimate of drug-likeness (QED) is 0.372. The molecule has 2 saturated heterocycles. The number of nitrogens with one attached hydrogen (secondary N) is 1. The Kier molecular flexibility index (Phi) is 7.98. The Labute approximate surface area is 255 Å². The molecule has 3 atom stereocenters. The summed E-state index contributed by atoms with van der Waals surface area (Å²) in [4.78, 5) is 33.2. The Morgan fingerprint density at radius 3 is 2.37 bits per heavy atom. The normalized spacial score (nSPS) is 20.7. The van der Waals surface area contributed by atoms with Crippen molar-refractivity contribution in [3.63, 3.8) is 0 Å². The third-order valence-corrected chi connectivity index (χ3v) is 9.61. The van der Waals surface area contributed by atoms with Gasteiger partial charge in [0, 0.05) is 75.9 Å². The van der Waals surface area contributed by atoms with E-state index in [4.69, 9.17) is 4.74 Å². The lowest BCUT2D eigenvalue weighted by Gasteiger charge is -2.42. The Morgan fingerprint density at radius 1 is 1.00 bits per heavy atom. The number of hydrogen-bond donors (Lipinski definition) is 1. The summed E-state index contributed by atoms with van der Waals surface area (Å²) in [6, 6.07) is 15.2. The van der Waals surface area contributed by atoms with Gasteiger partial charge in [0.25, 0.3) is 11.8 Å². The molecule has 2 bridgehead atoms. The van der Waals surface area contributed by atoms with E-state index in [9.17, 15) is 9.59 Å². The van der Waals surface area contributed by atoms with Crippen LogP contribution in [0.5, 0.6) is 5.75 Å². The number of carbonyl (C=O) groups is 2. The fraction of sp³-hybridized carbons (Fsp3) is 0.486. The molecule has 0 radical (unpaired) electrons. The van der Waals surface area contributed by atoms with Crippen LogP contribution in [0.2, 0.25) is 0 Å². The highest BCUT2D eigenvalue weighted by molar-refractivity contribution is 5.97. The predicted molar refractivity (Wildman–Crippen MR) is 171 cm³/mol. The second kappa shape index (κ2) is 11.7. The molecule has 3 aliphatic rings. The monoisotopic (exact) mass is 583 g/mol. The number of aromatic nitrogens is 1. The molecule has 3 fully saturated rings. The van der Waals surface area contributed by atoms with Crippen LogP contribution in [-0.2, 0) is 7.05 Å². The number of piperazine rings is 1. The summed E-state index contributed by atoms with van der Waals surface area (Å²) in [5.74, 6) is 1.49. The van der Waals surface area contributed by atoms with Crippen LogP contribution >= 0.6 is 0 Å². The van der Waals surface area contributed by atoms with Gasteiger partial charge in [-0.15, -0.1) is 0 Å². The number of ether oxygens (including phenoxy) is 1. The minimum atomic E-state index is -0.252. The largest absolute Gasteiger partial charge is 0.497 e. The zero-order valence-electron chi connectivity index (χ0n) is 26.4. The summed E-state index contributed by atoms with van der Waals surface area (Å²) in [6.45, 7) is 7.36. The van der Waals surface area contributed by atoms with Gasteiger partial charge in [0.1, 0.15) is 11.4 Å². The van der Waals surface area contributed by atoms with E-state index in [0.29, 0.717) is 23.5 Å². The second-order valence-electron chi connectivity index (χ2n) is 13.0. The fourth-order valence-corrected chi connectivity index (χ4v) is 6.83. The molecule has 1 saturated carbocycles. The second-order valence-corrected chi connectivity index (χ2v) is 13.0. The van der Waals surface area contributed by atoms with Gasteiger partial charge in [-0.3, -0.25) is 14.5 Å². The van der Waals surface area contributed by atoms with E-state index in [1.165, 1.54) is 32.2 Å². The van der Waals surface area contributed by atoms with Gasteiger partial charge in [0.05, 0.1) is 13.2 Å². The van der Waals surface area contributed by atoms with Crippen molar-refractivity contribution in [2.75, 3.05) is 45.7 Å². The van der Waals surface area contributed by atoms with E-state index in [1.807, 2.05) is 49.9 Å². The van der Waals surface area contributed by atoms with E-state index >= 15 is 0 Å². The van der Waals surface area contributed by atoms with Gasteiger partial charge in [-0.25, -0.2) is 0 Å². The van der Waals surface area contributed by atoms with Crippen molar-refractivity contribution in [2.24, 2.45) is 13.0 Å². The minimum absolute atomic E-state index is 0.0529. The molecule has 43 heavy (non-hydrogen) atoms. The maximum atomic E-state index is 13.7. The van der Waals surface area contributed by atoms with Crippen LogP contribution in [0.25, 0.3) is 11.1 Å². The van der Waals surface area contributed by atoms with Crippen molar-refractivity contribution in [3.05, 3.63) is 71.0 Å². The lowest BCUT2D eigenvalue weighted by molar-refractivity contribution is 0.0818. The lowest BCUT2D eigenvalue weighted by atomic mass is 10.00. The standard InChI is InChI=1S/C35H45N5O3/c1-22-7-10-28(39-20-29-11-12-30(21-39)40(29)18-24-8-9-24)17-32(22)34(41)36-23(2)25-13-26(15-31(14-25)43-6)27-16-33(38(5)19-27)35(42)37(3)4/h7,10,13-17,19,23-24,29-30H,8-9,11-12,18,20-21H2,1-6H3,(H,36,41)/t23-,29-,30+/m1/s1. The third-order valence-electron chi connectivity index (χ3n) is 9.61. The van der Waals surface area contributed by atoms with Crippen LogP contribution in [0.1, 0.15) is 70.6 Å². The first-order valence-electron chi connectivity index (χ1n) is 15.6. The highest BCUT2D eigenvalue weighted by Gasteiger charge is 2.42. The Bertz CT molecular complexity index is 1510. The van der Waals surface area contributed by atoms with E-state index in [1.54, 1.807) is 26.1 Å². The molecule has 2 amide bonds. The molecule has 8 heteroatoms. The zero-order chi connectivity index (χ0) is 30.4. The summed E-state index contributed by atoms with van der Waals surface area (Å²) >= 11 is 0. The Hall–Kier alpha value is -3.78. The molecule has 3 aromatic rings. The number of amides is 2. The fourth-order valence-electron chi connectivity index (χ4n) is 6.83. The smallest absolute Gasteiger partial charge is 0.269 e. The van der Waals surface area contributed by atoms with Crippen molar-refractivity contribution in [2.45, 2.75) is 57.7 Å². The molecule has 0 unspecified atom stereocenters. The molecule has 6 rings (SSSR count). The molecule has 8 nitrogen and oxygen atoms in total. The first-order valence-corrected chi connectivity index (χ1v) is 15.6. The number of anilines is 1. The van der Waals surface area contributed by atoms with Gasteiger partial charge in [0.2, 0.25) is 0 Å². The summed E-state index contributed by atoms with van der Waals surface area (Å²) < 4.78 is 7.48. The predicted octanol–water partition coefficient (Wildman–Crippen LogP) is 5.26. The van der Waals surface area contributed by atoms with Gasteiger partial charge < -0.3 is 24.4 Å². The van der Waals surface area contributed by atoms with Crippen LogP contribution in [0, 0.1) is 12.8 Å². The van der Waals surface area contributed by atoms with Crippen molar-refractivity contribution in [1.29, 1.82) is 0 Å². The topological polar surface area (TPSA) is 70.0 Å². The molecule has 2 aromatic carbocycles. The number of benzene rings is 2. The SMILES string of the molecule is COc1cc(-c2cc(C(=O)N(C)C)n(C)c2)cc([C@@H](C)NC(=O)c2cc(N3C[C@H]4CC[C@@H](C3)N4CC3CC3)ccc2C)c1. The van der Waals surface area contributed by atoms with E-state index in [-0.39, 0.29) is 17.9 Å². The number of rotatable bonds is 9. The number of nitrogens with zero attached hydrogens (tertiary/aromatic N) is 4. The molecular formula is C35H45N5O3. The van der Waals surface area contributed by atoms with E-state index < -0.39 is 0 Å². The summed E-state index contributed by atoms with van der Waals surface area (Å²) in [6.07, 6.45) is 7.31. The number of aryl methyl sites for hydroxylation is 2. The van der Waals surface area contributed by atoms with Crippen molar-refractivity contribution >= 4 is 17.5 Å². The molecule has 228 valence electrons. The zero-order valence-corrected chi connectivity index (χ0v) is 26.4. The molecule has 2 aliphatic heterocycles. The van der Waals surface area contributed by atoms with Crippen molar-refractivity contribution < 1.29 is 14.3 Å². The third kappa shape index (κ3) is 6.03. The molecular weight excluding hydrogens is 538 g/mol. The average Bonchev–Trinajstić information content (AvgIpc) is 3.69. The molecule has 1 N–H and O–H groups in total. The van der Waals surface area contributed by atoms with Gasteiger partial charge >= 0.3 is 0 Å². The lowest BCUT2D eigenvalue weighted by Crippen LogP contribution is -2.54. The van der Waals surface area contributed by atoms with Crippen LogP contribution in [0.15, 0.2) is 48.7 Å². The van der Waals surface area contributed by atoms with Crippen molar-refractivity contribution in [3.8, 4) is 16.9 Å². The minimum Gasteiger partial charge on any atom is -0.497 e. The van der Waals surface area contributed by atoms with Gasteiger partial charge in [-0.1, -0.05) is 6.07 Å². The number of fused-ring (bicyclic) bond motifs is 2. The van der Waals surface area contributed by atoms with Gasteiger partial charge in [-0.05, 0) is 98.5 Å². The number of hydrogen-bond acceptors (Lipinski definition) is 5. The van der Waals surface area contributed by atoms with Gasteiger partial charge in [-0.2, -0.15) is 0 Å². The van der Waals surface area contributed by atoms with E-state index in [0.717, 1.165) is 52.5 Å². The first-order chi connectivity index (χ1) is 20.6. The molecule has 1 aromatic heterocycles. The Balaban J connectivity index is 1.19. The molecule has 0 spiro atoms. The van der Waals surface area contributed by atoms with Crippen LogP contribution in [0.3, 0.4) is 0 Å². The summed E-state index contributed by atoms with van der Waals surface area (Å²) in [5.41, 5.74) is 6.22. The van der Waals surface area contributed by atoms with Crippen LogP contribution < -0.4 is 15.0 Å². The highest BCUT2D eigenvalue weighted by atomic mass is 16.5. The maximum absolute atomic E-state index is 13.7.